The van der Waals surface area contributed by atoms with Crippen LogP contribution in [0, 0.1) is 0 Å². The summed E-state index contributed by atoms with van der Waals surface area (Å²) < 4.78 is 0. The molecule has 1 aliphatic heterocycles. The van der Waals surface area contributed by atoms with Crippen LogP contribution >= 0.6 is 11.6 Å². The lowest BCUT2D eigenvalue weighted by Crippen LogP contribution is -2.39. The monoisotopic (exact) mass is 279 g/mol. The summed E-state index contributed by atoms with van der Waals surface area (Å²) in [6.45, 7) is 4.13. The molecule has 5 heteroatoms. The van der Waals surface area contributed by atoms with Crippen molar-refractivity contribution < 1.29 is 4.79 Å². The van der Waals surface area contributed by atoms with Crippen LogP contribution in [0.15, 0.2) is 23.2 Å². The van der Waals surface area contributed by atoms with Gasteiger partial charge in [-0.25, -0.2) is 4.99 Å². The highest BCUT2D eigenvalue weighted by atomic mass is 35.5. The Balaban J connectivity index is 2.52. The zero-order valence-corrected chi connectivity index (χ0v) is 12.2. The lowest BCUT2D eigenvalue weighted by Gasteiger charge is -2.37. The molecule has 0 bridgehead atoms. The Bertz CT molecular complexity index is 552. The minimum atomic E-state index is -0.194. The Kier molecular flexibility index (Phi) is 3.54. The van der Waals surface area contributed by atoms with E-state index >= 15 is 0 Å². The van der Waals surface area contributed by atoms with Crippen molar-refractivity contribution in [3.8, 4) is 0 Å². The van der Waals surface area contributed by atoms with Gasteiger partial charge in [0.15, 0.2) is 0 Å². The number of carbonyl (C=O) groups is 1. The summed E-state index contributed by atoms with van der Waals surface area (Å²) >= 11 is 5.63. The normalized spacial score (nSPS) is 18.4. The smallest absolute Gasteiger partial charge is 0.227 e. The topological polar surface area (TPSA) is 58.7 Å². The molecular weight excluding hydrogens is 262 g/mol. The van der Waals surface area contributed by atoms with Crippen LogP contribution in [0.2, 0.25) is 0 Å². The van der Waals surface area contributed by atoms with Crippen molar-refractivity contribution >= 4 is 34.7 Å². The van der Waals surface area contributed by atoms with E-state index in [1.807, 2.05) is 18.2 Å². The van der Waals surface area contributed by atoms with E-state index in [4.69, 9.17) is 17.3 Å². The van der Waals surface area contributed by atoms with Crippen LogP contribution in [-0.4, -0.2) is 24.7 Å². The third-order valence-electron chi connectivity index (χ3n) is 3.45. The minimum Gasteiger partial charge on any atom is -0.386 e. The maximum Gasteiger partial charge on any atom is 0.227 e. The number of anilines is 1. The Labute approximate surface area is 118 Å². The van der Waals surface area contributed by atoms with Gasteiger partial charge in [-0.2, -0.15) is 0 Å². The summed E-state index contributed by atoms with van der Waals surface area (Å²) in [6.07, 6.45) is 0.495. The summed E-state index contributed by atoms with van der Waals surface area (Å²) in [5.74, 6) is 0.729. The number of benzene rings is 1. The summed E-state index contributed by atoms with van der Waals surface area (Å²) in [4.78, 5) is 17.9. The molecule has 1 aromatic rings. The second-order valence-electron chi connectivity index (χ2n) is 5.45. The fourth-order valence-electron chi connectivity index (χ4n) is 2.35. The summed E-state index contributed by atoms with van der Waals surface area (Å²) in [5, 5.41) is 0. The number of aliphatic imine (C=N–C) groups is 1. The van der Waals surface area contributed by atoms with E-state index < -0.39 is 0 Å². The number of halogens is 1. The predicted molar refractivity (Wildman–Crippen MR) is 79.5 cm³/mol. The molecule has 19 heavy (non-hydrogen) atoms. The zero-order valence-electron chi connectivity index (χ0n) is 11.4. The Morgan fingerprint density at radius 2 is 2.21 bits per heavy atom. The first-order valence-corrected chi connectivity index (χ1v) is 6.68. The molecule has 0 fully saturated rings. The second kappa shape index (κ2) is 4.85. The van der Waals surface area contributed by atoms with Gasteiger partial charge in [-0.3, -0.25) is 4.79 Å². The standard InChI is InChI=1S/C14H18ClN3O/c1-14(2)7-13(19)18(3)11-5-4-9(6-10(11)14)17-12(16)8-15/h4-6H,7-8H2,1-3H3,(H2,16,17). The fourth-order valence-corrected chi connectivity index (χ4v) is 2.41. The van der Waals surface area contributed by atoms with Crippen LogP contribution < -0.4 is 10.6 Å². The number of amidine groups is 1. The molecule has 102 valence electrons. The van der Waals surface area contributed by atoms with Crippen molar-refractivity contribution in [1.82, 2.24) is 0 Å². The summed E-state index contributed by atoms with van der Waals surface area (Å²) in [5.41, 5.74) is 8.27. The molecule has 2 rings (SSSR count). The average molecular weight is 280 g/mol. The third-order valence-corrected chi connectivity index (χ3v) is 3.72. The number of alkyl halides is 1. The van der Waals surface area contributed by atoms with Crippen molar-refractivity contribution in [2.75, 3.05) is 17.8 Å². The van der Waals surface area contributed by atoms with E-state index in [1.165, 1.54) is 0 Å². The molecule has 1 heterocycles. The number of amides is 1. The molecule has 4 nitrogen and oxygen atoms in total. The molecule has 1 aliphatic rings. The number of rotatable bonds is 2. The van der Waals surface area contributed by atoms with Crippen LogP contribution in [-0.2, 0) is 10.2 Å². The van der Waals surface area contributed by atoms with Crippen LogP contribution in [0.4, 0.5) is 11.4 Å². The van der Waals surface area contributed by atoms with Gasteiger partial charge in [0.1, 0.15) is 5.84 Å². The van der Waals surface area contributed by atoms with Crippen molar-refractivity contribution in [3.05, 3.63) is 23.8 Å². The van der Waals surface area contributed by atoms with Crippen LogP contribution in [0.5, 0.6) is 0 Å². The molecule has 0 radical (unpaired) electrons. The molecule has 0 aliphatic carbocycles. The molecule has 1 aromatic carbocycles. The molecule has 0 unspecified atom stereocenters. The first-order valence-electron chi connectivity index (χ1n) is 6.15. The van der Waals surface area contributed by atoms with Gasteiger partial charge in [0.25, 0.3) is 0 Å². The number of nitrogens with zero attached hydrogens (tertiary/aromatic N) is 2. The second-order valence-corrected chi connectivity index (χ2v) is 5.72. The lowest BCUT2D eigenvalue weighted by atomic mass is 9.77. The first kappa shape index (κ1) is 13.9. The van der Waals surface area contributed by atoms with Crippen molar-refractivity contribution in [2.24, 2.45) is 10.7 Å². The molecule has 0 saturated heterocycles. The molecule has 2 N–H and O–H groups in total. The number of fused-ring (bicyclic) bond motifs is 1. The van der Waals surface area contributed by atoms with Crippen molar-refractivity contribution in [2.45, 2.75) is 25.7 Å². The van der Waals surface area contributed by atoms with Crippen LogP contribution in [0.1, 0.15) is 25.8 Å². The molecule has 0 spiro atoms. The third kappa shape index (κ3) is 2.59. The molecule has 1 amide bonds. The largest absolute Gasteiger partial charge is 0.386 e. The van der Waals surface area contributed by atoms with Gasteiger partial charge in [-0.1, -0.05) is 13.8 Å². The predicted octanol–water partition coefficient (Wildman–Crippen LogP) is 2.56. The van der Waals surface area contributed by atoms with Crippen LogP contribution in [0.3, 0.4) is 0 Å². The van der Waals surface area contributed by atoms with Crippen molar-refractivity contribution in [1.29, 1.82) is 0 Å². The lowest BCUT2D eigenvalue weighted by molar-refractivity contribution is -0.119. The van der Waals surface area contributed by atoms with Gasteiger partial charge in [0.05, 0.1) is 11.6 Å². The fraction of sp³-hybridized carbons (Fsp3) is 0.429. The highest BCUT2D eigenvalue weighted by Crippen LogP contribution is 2.41. The van der Waals surface area contributed by atoms with E-state index in [1.54, 1.807) is 11.9 Å². The zero-order chi connectivity index (χ0) is 14.2. The maximum atomic E-state index is 11.9. The van der Waals surface area contributed by atoms with E-state index in [2.05, 4.69) is 18.8 Å². The first-order chi connectivity index (χ1) is 8.85. The Morgan fingerprint density at radius 3 is 2.84 bits per heavy atom. The Morgan fingerprint density at radius 1 is 1.53 bits per heavy atom. The van der Waals surface area contributed by atoms with Crippen LogP contribution in [0.25, 0.3) is 0 Å². The maximum absolute atomic E-state index is 11.9. The van der Waals surface area contributed by atoms with Gasteiger partial charge in [-0.15, -0.1) is 11.6 Å². The number of nitrogens with two attached hydrogens (primary N) is 1. The summed E-state index contributed by atoms with van der Waals surface area (Å²) in [6, 6.07) is 5.75. The Hall–Kier alpha value is -1.55. The van der Waals surface area contributed by atoms with Gasteiger partial charge in [0.2, 0.25) is 5.91 Å². The van der Waals surface area contributed by atoms with Gasteiger partial charge < -0.3 is 10.6 Å². The average Bonchev–Trinajstić information content (AvgIpc) is 2.35. The van der Waals surface area contributed by atoms with Gasteiger partial charge >= 0.3 is 0 Å². The SMILES string of the molecule is CN1C(=O)CC(C)(C)c2cc(N=C(N)CCl)ccc21. The number of hydrogen-bond donors (Lipinski definition) is 1. The minimum absolute atomic E-state index is 0.133. The van der Waals surface area contributed by atoms with Gasteiger partial charge in [-0.05, 0) is 23.8 Å². The molecule has 0 atom stereocenters. The highest BCUT2D eigenvalue weighted by molar-refractivity contribution is 6.28. The molecule has 0 aromatic heterocycles. The number of carbonyl (C=O) groups excluding carboxylic acids is 1. The van der Waals surface area contributed by atoms with E-state index in [9.17, 15) is 4.79 Å². The number of hydrogen-bond acceptors (Lipinski definition) is 2. The van der Waals surface area contributed by atoms with Crippen molar-refractivity contribution in [3.63, 3.8) is 0 Å². The van der Waals surface area contributed by atoms with E-state index in [-0.39, 0.29) is 17.2 Å². The van der Waals surface area contributed by atoms with E-state index in [0.717, 1.165) is 16.9 Å². The quantitative estimate of drug-likeness (QED) is 0.514. The highest BCUT2D eigenvalue weighted by Gasteiger charge is 2.35. The summed E-state index contributed by atoms with van der Waals surface area (Å²) in [7, 11) is 1.80. The molecular formula is C14H18ClN3O. The van der Waals surface area contributed by atoms with Gasteiger partial charge in [0, 0.05) is 24.6 Å². The van der Waals surface area contributed by atoms with E-state index in [0.29, 0.717) is 12.3 Å². The molecule has 0 saturated carbocycles.